The molecule has 0 N–H and O–H groups in total. The van der Waals surface area contributed by atoms with Crippen LogP contribution in [0.5, 0.6) is 0 Å². The van der Waals surface area contributed by atoms with E-state index in [4.69, 9.17) is 0 Å². The third-order valence-corrected chi connectivity index (χ3v) is 3.03. The molecule has 2 aromatic heterocycles. The van der Waals surface area contributed by atoms with E-state index in [2.05, 4.69) is 39.9 Å². The number of hydrogen-bond acceptors (Lipinski definition) is 2. The van der Waals surface area contributed by atoms with E-state index in [9.17, 15) is 0 Å². The molecule has 0 unspecified atom stereocenters. The Balaban J connectivity index is 2.42. The maximum Gasteiger partial charge on any atom is 0.157 e. The summed E-state index contributed by atoms with van der Waals surface area (Å²) >= 11 is 3.46. The minimum absolute atomic E-state index is 0.442. The van der Waals surface area contributed by atoms with Crippen LogP contribution in [0, 0.1) is 0 Å². The molecular weight excluding hydrogens is 266 g/mol. The largest absolute Gasteiger partial charge is 0.237 e. The lowest BCUT2D eigenvalue weighted by molar-refractivity contribution is 0.754. The Morgan fingerprint density at radius 3 is 2.81 bits per heavy atom. The number of pyridine rings is 1. The number of aromatic nitrogens is 3. The lowest BCUT2D eigenvalue weighted by Gasteiger charge is -2.05. The molecule has 0 atom stereocenters. The third kappa shape index (κ3) is 2.16. The van der Waals surface area contributed by atoms with E-state index in [1.54, 1.807) is 6.20 Å². The van der Waals surface area contributed by atoms with Gasteiger partial charge in [0.2, 0.25) is 0 Å². The van der Waals surface area contributed by atoms with Gasteiger partial charge in [0.05, 0.1) is 5.69 Å². The molecule has 0 aliphatic rings. The molecule has 0 aliphatic carbocycles. The first-order valence-corrected chi connectivity index (χ1v) is 6.40. The quantitative estimate of drug-likeness (QED) is 0.808. The summed E-state index contributed by atoms with van der Waals surface area (Å²) < 4.78 is 1.84. The Morgan fingerprint density at radius 1 is 1.38 bits per heavy atom. The molecule has 0 fully saturated rings. The first-order chi connectivity index (χ1) is 7.72. The molecule has 0 bridgehead atoms. The highest BCUT2D eigenvalue weighted by Gasteiger charge is 2.08. The van der Waals surface area contributed by atoms with Crippen LogP contribution in [0.3, 0.4) is 0 Å². The molecule has 0 spiro atoms. The zero-order valence-electron chi connectivity index (χ0n) is 9.39. The summed E-state index contributed by atoms with van der Waals surface area (Å²) in [6.45, 7) is 4.27. The van der Waals surface area contributed by atoms with E-state index >= 15 is 0 Å². The highest BCUT2D eigenvalue weighted by atomic mass is 79.9. The summed E-state index contributed by atoms with van der Waals surface area (Å²) in [5, 5.41) is 5.31. The minimum Gasteiger partial charge on any atom is -0.237 e. The first-order valence-electron chi connectivity index (χ1n) is 5.28. The van der Waals surface area contributed by atoms with Crippen molar-refractivity contribution >= 4 is 15.9 Å². The van der Waals surface area contributed by atoms with E-state index in [0.717, 1.165) is 22.4 Å². The predicted molar refractivity (Wildman–Crippen MR) is 68.1 cm³/mol. The van der Waals surface area contributed by atoms with E-state index in [1.807, 2.05) is 29.1 Å². The fourth-order valence-corrected chi connectivity index (χ4v) is 1.94. The van der Waals surface area contributed by atoms with Gasteiger partial charge < -0.3 is 0 Å². The van der Waals surface area contributed by atoms with E-state index in [-0.39, 0.29) is 0 Å². The molecule has 2 rings (SSSR count). The van der Waals surface area contributed by atoms with Crippen LogP contribution in [0.25, 0.3) is 5.82 Å². The number of hydrogen-bond donors (Lipinski definition) is 0. The first kappa shape index (κ1) is 11.3. The Bertz CT molecular complexity index is 477. The van der Waals surface area contributed by atoms with Gasteiger partial charge in [0.25, 0.3) is 0 Å². The highest BCUT2D eigenvalue weighted by Crippen LogP contribution is 2.16. The van der Waals surface area contributed by atoms with Crippen molar-refractivity contribution in [2.24, 2.45) is 0 Å². The number of nitrogens with zero attached hydrogens (tertiary/aromatic N) is 3. The molecule has 84 valence electrons. The lowest BCUT2D eigenvalue weighted by Crippen LogP contribution is -2.03. The summed E-state index contributed by atoms with van der Waals surface area (Å²) in [5.74, 6) is 1.34. The zero-order valence-corrected chi connectivity index (χ0v) is 11.0. The van der Waals surface area contributed by atoms with Gasteiger partial charge in [-0.15, -0.1) is 0 Å². The molecule has 0 radical (unpaired) electrons. The standard InChI is InChI=1S/C12H14BrN3/c1-9(2)11-5-7-16(15-11)12-10(8-13)4-3-6-14-12/h3-7,9H,8H2,1-2H3. The van der Waals surface area contributed by atoms with E-state index in [0.29, 0.717) is 5.92 Å². The Kier molecular flexibility index (Phi) is 3.39. The molecule has 3 nitrogen and oxygen atoms in total. The summed E-state index contributed by atoms with van der Waals surface area (Å²) in [7, 11) is 0. The van der Waals surface area contributed by atoms with Crippen LogP contribution in [0.1, 0.15) is 31.0 Å². The Hall–Kier alpha value is -1.16. The van der Waals surface area contributed by atoms with Gasteiger partial charge >= 0.3 is 0 Å². The van der Waals surface area contributed by atoms with Crippen molar-refractivity contribution in [3.63, 3.8) is 0 Å². The lowest BCUT2D eigenvalue weighted by atomic mass is 10.1. The van der Waals surface area contributed by atoms with Crippen molar-refractivity contribution in [2.45, 2.75) is 25.1 Å². The maximum atomic E-state index is 4.52. The van der Waals surface area contributed by atoms with Gasteiger partial charge in [0.1, 0.15) is 0 Å². The van der Waals surface area contributed by atoms with Gasteiger partial charge in [0.15, 0.2) is 5.82 Å². The molecule has 16 heavy (non-hydrogen) atoms. The smallest absolute Gasteiger partial charge is 0.157 e. The fourth-order valence-electron chi connectivity index (χ4n) is 1.50. The summed E-state index contributed by atoms with van der Waals surface area (Å²) in [6, 6.07) is 6.03. The van der Waals surface area contributed by atoms with Crippen LogP contribution >= 0.6 is 15.9 Å². The minimum atomic E-state index is 0.442. The summed E-state index contributed by atoms with van der Waals surface area (Å²) in [5.41, 5.74) is 2.23. The molecule has 4 heteroatoms. The third-order valence-electron chi connectivity index (χ3n) is 2.43. The van der Waals surface area contributed by atoms with Crippen LogP contribution < -0.4 is 0 Å². The maximum absolute atomic E-state index is 4.52. The summed E-state index contributed by atoms with van der Waals surface area (Å²) in [6.07, 6.45) is 3.75. The van der Waals surface area contributed by atoms with Gasteiger partial charge in [-0.25, -0.2) is 9.67 Å². The van der Waals surface area contributed by atoms with Crippen molar-refractivity contribution < 1.29 is 0 Å². The number of alkyl halides is 1. The fraction of sp³-hybridized carbons (Fsp3) is 0.333. The second-order valence-corrected chi connectivity index (χ2v) is 4.52. The van der Waals surface area contributed by atoms with Crippen LogP contribution in [0.15, 0.2) is 30.6 Å². The summed E-state index contributed by atoms with van der Waals surface area (Å²) in [4.78, 5) is 4.36. The van der Waals surface area contributed by atoms with Gasteiger partial charge in [-0.2, -0.15) is 5.10 Å². The zero-order chi connectivity index (χ0) is 11.5. The van der Waals surface area contributed by atoms with Crippen molar-refractivity contribution in [1.29, 1.82) is 0 Å². The Morgan fingerprint density at radius 2 is 2.19 bits per heavy atom. The number of rotatable bonds is 3. The molecule has 0 saturated heterocycles. The van der Waals surface area contributed by atoms with Gasteiger partial charge in [-0.3, -0.25) is 0 Å². The monoisotopic (exact) mass is 279 g/mol. The van der Waals surface area contributed by atoms with Crippen LogP contribution in [-0.4, -0.2) is 14.8 Å². The highest BCUT2D eigenvalue weighted by molar-refractivity contribution is 9.08. The average molecular weight is 280 g/mol. The second kappa shape index (κ2) is 4.78. The predicted octanol–water partition coefficient (Wildman–Crippen LogP) is 3.29. The molecule has 0 aromatic carbocycles. The van der Waals surface area contributed by atoms with Crippen LogP contribution in [0.4, 0.5) is 0 Å². The van der Waals surface area contributed by atoms with Gasteiger partial charge in [-0.05, 0) is 18.1 Å². The van der Waals surface area contributed by atoms with Gasteiger partial charge in [-0.1, -0.05) is 35.8 Å². The second-order valence-electron chi connectivity index (χ2n) is 3.96. The van der Waals surface area contributed by atoms with Crippen molar-refractivity contribution in [3.8, 4) is 5.82 Å². The van der Waals surface area contributed by atoms with E-state index < -0.39 is 0 Å². The molecule has 0 amide bonds. The number of halogens is 1. The molecule has 0 aliphatic heterocycles. The van der Waals surface area contributed by atoms with Crippen molar-refractivity contribution in [3.05, 3.63) is 41.9 Å². The topological polar surface area (TPSA) is 30.7 Å². The molecular formula is C12H14BrN3. The van der Waals surface area contributed by atoms with Crippen LogP contribution in [-0.2, 0) is 5.33 Å². The Labute approximate surface area is 104 Å². The molecule has 2 heterocycles. The average Bonchev–Trinajstić information content (AvgIpc) is 2.78. The van der Waals surface area contributed by atoms with Crippen LogP contribution in [0.2, 0.25) is 0 Å². The SMILES string of the molecule is CC(C)c1ccn(-c2ncccc2CBr)n1. The van der Waals surface area contributed by atoms with Gasteiger partial charge in [0, 0.05) is 23.3 Å². The normalized spacial score (nSPS) is 11.0. The molecule has 0 saturated carbocycles. The molecule has 2 aromatic rings. The van der Waals surface area contributed by atoms with E-state index in [1.165, 1.54) is 0 Å². The van der Waals surface area contributed by atoms with Crippen molar-refractivity contribution in [2.75, 3.05) is 0 Å². The van der Waals surface area contributed by atoms with Crippen molar-refractivity contribution in [1.82, 2.24) is 14.8 Å².